The summed E-state index contributed by atoms with van der Waals surface area (Å²) >= 11 is 0. The minimum absolute atomic E-state index is 0.281. The minimum atomic E-state index is -0.281. The van der Waals surface area contributed by atoms with Crippen molar-refractivity contribution in [2.24, 2.45) is 0 Å². The van der Waals surface area contributed by atoms with Gasteiger partial charge < -0.3 is 9.90 Å². The molecule has 1 heterocycles. The zero-order valence-corrected chi connectivity index (χ0v) is 11.8. The molecule has 5 heteroatoms. The van der Waals surface area contributed by atoms with Gasteiger partial charge in [-0.1, -0.05) is 36.4 Å². The van der Waals surface area contributed by atoms with Gasteiger partial charge in [0, 0.05) is 12.2 Å². The Hall–Kier alpha value is -3.21. The number of hydrogen-bond donors (Lipinski definition) is 1. The number of phenols is 1. The van der Waals surface area contributed by atoms with Gasteiger partial charge in [-0.15, -0.1) is 0 Å². The summed E-state index contributed by atoms with van der Waals surface area (Å²) in [7, 11) is 0. The largest absolute Gasteiger partial charge is 0.508 e. The molecule has 5 nitrogen and oxygen atoms in total. The minimum Gasteiger partial charge on any atom is -0.508 e. The van der Waals surface area contributed by atoms with Gasteiger partial charge in [0.05, 0.1) is 5.69 Å². The molecule has 0 bridgehead atoms. The van der Waals surface area contributed by atoms with Crippen molar-refractivity contribution in [3.05, 3.63) is 72.8 Å². The molecule has 0 fully saturated rings. The second-order valence-corrected chi connectivity index (χ2v) is 4.02. The molecule has 1 N–H and O–H groups in total. The molecule has 2 amide bonds. The normalized spacial score (nSPS) is 12.1. The smallest absolute Gasteiger partial charge is 0.258 e. The summed E-state index contributed by atoms with van der Waals surface area (Å²) in [6, 6.07) is 17.6. The Morgan fingerprint density at radius 1 is 0.727 bits per heavy atom. The van der Waals surface area contributed by atoms with Gasteiger partial charge in [0.25, 0.3) is 11.8 Å². The van der Waals surface area contributed by atoms with Crippen molar-refractivity contribution in [2.45, 2.75) is 0 Å². The number of benzene rings is 2. The van der Waals surface area contributed by atoms with E-state index in [-0.39, 0.29) is 11.8 Å². The van der Waals surface area contributed by atoms with E-state index < -0.39 is 0 Å². The predicted molar refractivity (Wildman–Crippen MR) is 83.3 cm³/mol. The molecule has 0 radical (unpaired) electrons. The van der Waals surface area contributed by atoms with E-state index >= 15 is 0 Å². The van der Waals surface area contributed by atoms with E-state index in [2.05, 4.69) is 0 Å². The summed E-state index contributed by atoms with van der Waals surface area (Å²) in [6.07, 6.45) is 2.55. The van der Waals surface area contributed by atoms with E-state index in [0.717, 1.165) is 4.90 Å². The zero-order valence-electron chi connectivity index (χ0n) is 11.8. The van der Waals surface area contributed by atoms with E-state index in [9.17, 15) is 9.59 Å². The molecule has 0 saturated heterocycles. The maximum atomic E-state index is 11.2. The number of carbonyl (C=O) groups is 3. The third kappa shape index (κ3) is 4.72. The highest BCUT2D eigenvalue weighted by molar-refractivity contribution is 6.28. The van der Waals surface area contributed by atoms with Crippen molar-refractivity contribution in [1.29, 1.82) is 0 Å². The van der Waals surface area contributed by atoms with E-state index in [4.69, 9.17) is 9.90 Å². The first-order chi connectivity index (χ1) is 10.7. The molecule has 0 aromatic heterocycles. The molecule has 2 aromatic carbocycles. The van der Waals surface area contributed by atoms with Crippen LogP contribution in [0.15, 0.2) is 72.8 Å². The molecule has 2 aromatic rings. The van der Waals surface area contributed by atoms with Crippen molar-refractivity contribution in [3.8, 4) is 5.75 Å². The first-order valence-corrected chi connectivity index (χ1v) is 6.32. The molecule has 1 aliphatic heterocycles. The Morgan fingerprint density at radius 2 is 1.14 bits per heavy atom. The molecule has 0 aliphatic carbocycles. The third-order valence-electron chi connectivity index (χ3n) is 2.58. The van der Waals surface area contributed by atoms with Gasteiger partial charge in [-0.05, 0) is 24.3 Å². The third-order valence-corrected chi connectivity index (χ3v) is 2.58. The number of carbonyl (C=O) groups excluding carboxylic acids is 3. The number of imide groups is 1. The summed E-state index contributed by atoms with van der Waals surface area (Å²) in [5, 5.41) is 8.63. The van der Waals surface area contributed by atoms with Crippen LogP contribution in [0.2, 0.25) is 0 Å². The number of amides is 2. The standard InChI is InChI=1S/C10H7NO2.C6H6O.CH2O/c12-9-6-7-10(13)11(9)8-4-2-1-3-5-8;7-6-4-2-1-3-5-6;1-2/h1-7H;1-5,7H;1H2. The first-order valence-electron chi connectivity index (χ1n) is 6.32. The Morgan fingerprint density at radius 3 is 1.50 bits per heavy atom. The number of rotatable bonds is 1. The second-order valence-electron chi connectivity index (χ2n) is 4.02. The van der Waals surface area contributed by atoms with E-state index in [1.165, 1.54) is 12.2 Å². The average molecular weight is 297 g/mol. The maximum absolute atomic E-state index is 11.2. The van der Waals surface area contributed by atoms with Crippen LogP contribution in [0.1, 0.15) is 0 Å². The fraction of sp³-hybridized carbons (Fsp3) is 0. The van der Waals surface area contributed by atoms with Crippen LogP contribution in [0.3, 0.4) is 0 Å². The molecule has 22 heavy (non-hydrogen) atoms. The number of aromatic hydroxyl groups is 1. The molecular formula is C17H15NO4. The molecule has 0 saturated carbocycles. The van der Waals surface area contributed by atoms with Crippen LogP contribution >= 0.6 is 0 Å². The van der Waals surface area contributed by atoms with Crippen LogP contribution in [0.25, 0.3) is 0 Å². The van der Waals surface area contributed by atoms with E-state index in [1.807, 2.05) is 18.9 Å². The van der Waals surface area contributed by atoms with Gasteiger partial charge in [-0.2, -0.15) is 0 Å². The average Bonchev–Trinajstić information content (AvgIpc) is 2.90. The fourth-order valence-corrected chi connectivity index (χ4v) is 1.66. The quantitative estimate of drug-likeness (QED) is 0.820. The maximum Gasteiger partial charge on any atom is 0.258 e. The molecule has 1 aliphatic rings. The van der Waals surface area contributed by atoms with Crippen LogP contribution < -0.4 is 4.90 Å². The highest BCUT2D eigenvalue weighted by Gasteiger charge is 2.24. The molecule has 0 unspecified atom stereocenters. The lowest BCUT2D eigenvalue weighted by Gasteiger charge is -2.12. The summed E-state index contributed by atoms with van der Waals surface area (Å²) in [5.41, 5.74) is 0.613. The molecular weight excluding hydrogens is 282 g/mol. The topological polar surface area (TPSA) is 74.7 Å². The van der Waals surface area contributed by atoms with Crippen LogP contribution in [-0.4, -0.2) is 23.7 Å². The number of nitrogens with zero attached hydrogens (tertiary/aromatic N) is 1. The summed E-state index contributed by atoms with van der Waals surface area (Å²) in [5.74, 6) is -0.241. The van der Waals surface area contributed by atoms with Crippen molar-refractivity contribution in [2.75, 3.05) is 4.90 Å². The highest BCUT2D eigenvalue weighted by atomic mass is 16.3. The van der Waals surface area contributed by atoms with Gasteiger partial charge in [-0.25, -0.2) is 4.90 Å². The van der Waals surface area contributed by atoms with E-state index in [0.29, 0.717) is 11.4 Å². The van der Waals surface area contributed by atoms with Gasteiger partial charge >= 0.3 is 0 Å². The first kappa shape index (κ1) is 16.8. The molecule has 0 atom stereocenters. The number of anilines is 1. The molecule has 112 valence electrons. The summed E-state index contributed by atoms with van der Waals surface area (Å²) in [4.78, 5) is 31.5. The Bertz CT molecular complexity index is 620. The van der Waals surface area contributed by atoms with Gasteiger partial charge in [0.15, 0.2) is 0 Å². The van der Waals surface area contributed by atoms with E-state index in [1.54, 1.807) is 48.5 Å². The van der Waals surface area contributed by atoms with Crippen LogP contribution in [-0.2, 0) is 14.4 Å². The number of para-hydroxylation sites is 2. The summed E-state index contributed by atoms with van der Waals surface area (Å²) < 4.78 is 0. The van der Waals surface area contributed by atoms with Crippen molar-refractivity contribution >= 4 is 24.3 Å². The molecule has 0 spiro atoms. The number of hydrogen-bond acceptors (Lipinski definition) is 4. The second kappa shape index (κ2) is 8.86. The van der Waals surface area contributed by atoms with Gasteiger partial charge in [0.1, 0.15) is 12.5 Å². The lowest BCUT2D eigenvalue weighted by Crippen LogP contribution is -2.29. The summed E-state index contributed by atoms with van der Waals surface area (Å²) in [6.45, 7) is 2.00. The Balaban J connectivity index is 0.000000228. The van der Waals surface area contributed by atoms with Crippen molar-refractivity contribution in [3.63, 3.8) is 0 Å². The molecule has 3 rings (SSSR count). The lowest BCUT2D eigenvalue weighted by atomic mass is 10.3. The highest BCUT2D eigenvalue weighted by Crippen LogP contribution is 2.17. The lowest BCUT2D eigenvalue weighted by molar-refractivity contribution is -0.120. The SMILES string of the molecule is C=O.O=C1C=CC(=O)N1c1ccccc1.Oc1ccccc1. The zero-order chi connectivity index (χ0) is 16.4. The number of phenolic OH excluding ortho intramolecular Hbond substituents is 1. The van der Waals surface area contributed by atoms with Crippen LogP contribution in [0.5, 0.6) is 5.75 Å². The fourth-order valence-electron chi connectivity index (χ4n) is 1.66. The van der Waals surface area contributed by atoms with Gasteiger partial charge in [0.2, 0.25) is 0 Å². The van der Waals surface area contributed by atoms with Crippen LogP contribution in [0, 0.1) is 0 Å². The monoisotopic (exact) mass is 297 g/mol. The van der Waals surface area contributed by atoms with Crippen LogP contribution in [0.4, 0.5) is 5.69 Å². The van der Waals surface area contributed by atoms with Crippen molar-refractivity contribution < 1.29 is 19.5 Å². The Kier molecular flexibility index (Phi) is 6.78. The van der Waals surface area contributed by atoms with Gasteiger partial charge in [-0.3, -0.25) is 9.59 Å². The van der Waals surface area contributed by atoms with Crippen molar-refractivity contribution in [1.82, 2.24) is 0 Å². The Labute approximate surface area is 128 Å². The predicted octanol–water partition coefficient (Wildman–Crippen LogP) is 2.32.